The highest BCUT2D eigenvalue weighted by Gasteiger charge is 2.48. The van der Waals surface area contributed by atoms with Gasteiger partial charge in [-0.1, -0.05) is 30.3 Å². The Morgan fingerprint density at radius 3 is 2.70 bits per heavy atom. The fourth-order valence-corrected chi connectivity index (χ4v) is 2.44. The van der Waals surface area contributed by atoms with E-state index in [0.29, 0.717) is 0 Å². The summed E-state index contributed by atoms with van der Waals surface area (Å²) in [4.78, 5) is 0. The van der Waals surface area contributed by atoms with Crippen molar-refractivity contribution in [2.45, 2.75) is 37.0 Å². The van der Waals surface area contributed by atoms with Crippen molar-refractivity contribution in [2.75, 3.05) is 13.7 Å². The number of hydrogen-bond acceptors (Lipinski definition) is 6. The van der Waals surface area contributed by atoms with Crippen LogP contribution in [0.25, 0.3) is 0 Å². The zero-order chi connectivity index (χ0) is 15.0. The molecule has 6 atom stereocenters. The first-order valence-corrected chi connectivity index (χ1v) is 6.44. The third kappa shape index (κ3) is 2.46. The van der Waals surface area contributed by atoms with Crippen molar-refractivity contribution < 1.29 is 30.5 Å². The average Bonchev–Trinajstić information content (AvgIpc) is 2.51. The molecule has 0 spiro atoms. The van der Waals surface area contributed by atoms with E-state index >= 15 is 0 Å². The van der Waals surface area contributed by atoms with Crippen LogP contribution in [0.1, 0.15) is 13.2 Å². The normalized spacial score (nSPS) is 45.5. The third-order valence-corrected chi connectivity index (χ3v) is 3.50. The predicted molar refractivity (Wildman–Crippen MR) is 67.7 cm³/mol. The van der Waals surface area contributed by atoms with Crippen LogP contribution in [0, 0.1) is 0 Å². The van der Waals surface area contributed by atoms with Crippen LogP contribution in [0.2, 0.25) is 0 Å². The van der Waals surface area contributed by atoms with E-state index in [0.717, 1.165) is 5.56 Å². The molecular formula is C14H18O6. The van der Waals surface area contributed by atoms with E-state index in [1.165, 1.54) is 7.11 Å². The number of benzene rings is 1. The van der Waals surface area contributed by atoms with Crippen LogP contribution in [-0.4, -0.2) is 54.6 Å². The van der Waals surface area contributed by atoms with Crippen LogP contribution >= 0.6 is 0 Å². The minimum absolute atomic E-state index is 0.178. The summed E-state index contributed by atoms with van der Waals surface area (Å²) in [5.41, 5.74) is 0.797. The molecule has 2 fully saturated rings. The van der Waals surface area contributed by atoms with Crippen LogP contribution in [0.3, 0.4) is 0 Å². The Hall–Kier alpha value is -1.02. The van der Waals surface area contributed by atoms with Crippen molar-refractivity contribution in [3.63, 3.8) is 0 Å². The van der Waals surface area contributed by atoms with Gasteiger partial charge < -0.3 is 29.2 Å². The molecule has 2 aliphatic rings. The maximum absolute atomic E-state index is 10.2. The quantitative estimate of drug-likeness (QED) is 0.807. The molecule has 1 aromatic rings. The van der Waals surface area contributed by atoms with Crippen molar-refractivity contribution in [1.82, 2.24) is 0 Å². The summed E-state index contributed by atoms with van der Waals surface area (Å²) in [5, 5.41) is 20.3. The van der Waals surface area contributed by atoms with E-state index in [-0.39, 0.29) is 6.61 Å². The van der Waals surface area contributed by atoms with Crippen molar-refractivity contribution in [1.29, 1.82) is 0 Å². The number of aliphatic hydroxyl groups is 2. The standard InChI is InChI=1S/C14H18O6/c1-17-14-11(16)10(15)12-9(19-14)7-18-13(20-12)8-5-3-2-4-6-8/h2-6,9-16H,7H2,1H3/t9-,10-,11-,12-,13-,14+/m1/s1/i11D. The summed E-state index contributed by atoms with van der Waals surface area (Å²) in [7, 11) is 1.30. The molecule has 0 aromatic heterocycles. The lowest BCUT2D eigenvalue weighted by Crippen LogP contribution is -2.62. The van der Waals surface area contributed by atoms with Gasteiger partial charge in [0.2, 0.25) is 0 Å². The highest BCUT2D eigenvalue weighted by molar-refractivity contribution is 5.16. The summed E-state index contributed by atoms with van der Waals surface area (Å²) < 4.78 is 29.4. The Morgan fingerprint density at radius 1 is 1.25 bits per heavy atom. The molecule has 0 amide bonds. The van der Waals surface area contributed by atoms with Crippen LogP contribution in [0.4, 0.5) is 0 Å². The van der Waals surface area contributed by atoms with Crippen molar-refractivity contribution in [2.24, 2.45) is 0 Å². The summed E-state index contributed by atoms with van der Waals surface area (Å²) >= 11 is 0. The van der Waals surface area contributed by atoms with Crippen molar-refractivity contribution >= 4 is 0 Å². The maximum atomic E-state index is 10.2. The molecule has 2 N–H and O–H groups in total. The zero-order valence-electron chi connectivity index (χ0n) is 12.0. The molecule has 2 aliphatic heterocycles. The summed E-state index contributed by atoms with van der Waals surface area (Å²) in [6, 6.07) is 9.25. The van der Waals surface area contributed by atoms with Gasteiger partial charge in [-0.2, -0.15) is 0 Å². The van der Waals surface area contributed by atoms with Crippen LogP contribution in [-0.2, 0) is 18.9 Å². The number of aliphatic hydroxyl groups excluding tert-OH is 1. The fraction of sp³-hybridized carbons (Fsp3) is 0.571. The fourth-order valence-electron chi connectivity index (χ4n) is 2.44. The van der Waals surface area contributed by atoms with E-state index < -0.39 is 37.0 Å². The molecule has 20 heavy (non-hydrogen) atoms. The number of rotatable bonds is 2. The van der Waals surface area contributed by atoms with Gasteiger partial charge in [-0.3, -0.25) is 0 Å². The lowest BCUT2D eigenvalue weighted by atomic mass is 9.98. The topological polar surface area (TPSA) is 77.4 Å². The van der Waals surface area contributed by atoms with E-state index in [9.17, 15) is 10.2 Å². The monoisotopic (exact) mass is 283 g/mol. The van der Waals surface area contributed by atoms with Gasteiger partial charge in [0.05, 0.1) is 7.98 Å². The molecule has 3 rings (SSSR count). The Morgan fingerprint density at radius 2 is 2.00 bits per heavy atom. The molecule has 6 nitrogen and oxygen atoms in total. The first-order chi connectivity index (χ1) is 10.0. The second-order valence-electron chi connectivity index (χ2n) is 4.79. The molecule has 0 radical (unpaired) electrons. The van der Waals surface area contributed by atoms with Crippen LogP contribution in [0.5, 0.6) is 0 Å². The SMILES string of the molecule is [2H][C@]1(O)[C@@H](OC)O[C@@H]2CO[C@@H](c3ccccc3)O[C@H]2[C@@H]1O. The molecule has 110 valence electrons. The molecule has 6 heteroatoms. The van der Waals surface area contributed by atoms with Crippen LogP contribution < -0.4 is 0 Å². The smallest absolute Gasteiger partial charge is 0.186 e. The maximum Gasteiger partial charge on any atom is 0.186 e. The van der Waals surface area contributed by atoms with Gasteiger partial charge in [0.1, 0.15) is 24.4 Å². The van der Waals surface area contributed by atoms with Gasteiger partial charge in [0, 0.05) is 12.7 Å². The predicted octanol–water partition coefficient (Wildman–Crippen LogP) is 0.194. The van der Waals surface area contributed by atoms with E-state index in [4.69, 9.17) is 20.3 Å². The molecular weight excluding hydrogens is 264 g/mol. The van der Waals surface area contributed by atoms with E-state index in [1.54, 1.807) is 0 Å². The van der Waals surface area contributed by atoms with E-state index in [1.807, 2.05) is 30.3 Å². The minimum Gasteiger partial charge on any atom is -0.387 e. The Labute approximate surface area is 118 Å². The second-order valence-corrected chi connectivity index (χ2v) is 4.79. The number of hydrogen-bond donors (Lipinski definition) is 2. The third-order valence-electron chi connectivity index (χ3n) is 3.50. The van der Waals surface area contributed by atoms with Gasteiger partial charge in [0.25, 0.3) is 0 Å². The Balaban J connectivity index is 1.79. The van der Waals surface area contributed by atoms with Gasteiger partial charge >= 0.3 is 0 Å². The summed E-state index contributed by atoms with van der Waals surface area (Å²) in [5.74, 6) is 0. The first-order valence-electron chi connectivity index (χ1n) is 6.94. The molecule has 0 unspecified atom stereocenters. The van der Waals surface area contributed by atoms with Crippen molar-refractivity contribution in [3.05, 3.63) is 35.9 Å². The van der Waals surface area contributed by atoms with Crippen LogP contribution in [0.15, 0.2) is 30.3 Å². The molecule has 2 saturated heterocycles. The molecule has 2 heterocycles. The molecule has 0 saturated carbocycles. The highest BCUT2D eigenvalue weighted by atomic mass is 16.7. The molecule has 1 aromatic carbocycles. The first kappa shape index (κ1) is 12.7. The number of methoxy groups -OCH3 is 1. The Kier molecular flexibility index (Phi) is 3.66. The van der Waals surface area contributed by atoms with E-state index in [2.05, 4.69) is 0 Å². The lowest BCUT2D eigenvalue weighted by Gasteiger charge is -2.45. The zero-order valence-corrected chi connectivity index (χ0v) is 11.0. The van der Waals surface area contributed by atoms with Gasteiger partial charge in [-0.25, -0.2) is 0 Å². The summed E-state index contributed by atoms with van der Waals surface area (Å²) in [6.45, 7) is 0.178. The second kappa shape index (κ2) is 5.77. The number of ether oxygens (including phenoxy) is 4. The Bertz CT molecular complexity index is 482. The van der Waals surface area contributed by atoms with Gasteiger partial charge in [-0.05, 0) is 0 Å². The van der Waals surface area contributed by atoms with Crippen molar-refractivity contribution in [3.8, 4) is 0 Å². The molecule has 0 bridgehead atoms. The van der Waals surface area contributed by atoms with Gasteiger partial charge in [-0.15, -0.1) is 0 Å². The number of fused-ring (bicyclic) bond motifs is 1. The molecule has 0 aliphatic carbocycles. The minimum atomic E-state index is -2.30. The highest BCUT2D eigenvalue weighted by Crippen LogP contribution is 2.33. The largest absolute Gasteiger partial charge is 0.387 e. The lowest BCUT2D eigenvalue weighted by molar-refractivity contribution is -0.358. The summed E-state index contributed by atoms with van der Waals surface area (Å²) in [6.07, 6.45) is -7.14. The van der Waals surface area contributed by atoms with Gasteiger partial charge in [0.15, 0.2) is 12.6 Å². The average molecular weight is 283 g/mol.